The Morgan fingerprint density at radius 1 is 1.00 bits per heavy atom. The predicted molar refractivity (Wildman–Crippen MR) is 109 cm³/mol. The second-order valence-corrected chi connectivity index (χ2v) is 7.14. The molecule has 0 fully saturated rings. The molecule has 0 unspecified atom stereocenters. The first-order valence-electron chi connectivity index (χ1n) is 8.78. The molecule has 7 heteroatoms. The number of hydrogen-bond donors (Lipinski definition) is 3. The fourth-order valence-electron chi connectivity index (χ4n) is 2.70. The number of primary amides is 1. The van der Waals surface area contributed by atoms with E-state index < -0.39 is 12.1 Å². The number of carbonyl (C=O) groups is 2. The van der Waals surface area contributed by atoms with Crippen LogP contribution in [0, 0.1) is 0 Å². The van der Waals surface area contributed by atoms with Crippen LogP contribution < -0.4 is 21.1 Å². The molecule has 28 heavy (non-hydrogen) atoms. The van der Waals surface area contributed by atoms with E-state index in [1.807, 2.05) is 66.0 Å². The minimum atomic E-state index is -0.689. The number of carbonyl (C=O) groups excluding carboxylic acids is 2. The van der Waals surface area contributed by atoms with Crippen LogP contribution in [0.5, 0.6) is 11.5 Å². The van der Waals surface area contributed by atoms with Gasteiger partial charge in [0.25, 0.3) is 0 Å². The number of thiophene rings is 1. The molecule has 0 bridgehead atoms. The van der Waals surface area contributed by atoms with Crippen LogP contribution in [-0.2, 0) is 11.3 Å². The third-order valence-electron chi connectivity index (χ3n) is 3.99. The van der Waals surface area contributed by atoms with Gasteiger partial charge >= 0.3 is 6.03 Å². The minimum absolute atomic E-state index is 0.0725. The lowest BCUT2D eigenvalue weighted by Gasteiger charge is -2.18. The molecule has 3 aromatic rings. The lowest BCUT2D eigenvalue weighted by Crippen LogP contribution is -2.36. The molecule has 0 saturated heterocycles. The van der Waals surface area contributed by atoms with Gasteiger partial charge in [0.05, 0.1) is 19.0 Å². The molecule has 2 aromatic carbocycles. The molecule has 1 aromatic heterocycles. The Hall–Kier alpha value is -3.32. The normalized spacial score (nSPS) is 11.4. The van der Waals surface area contributed by atoms with Gasteiger partial charge in [0.1, 0.15) is 11.5 Å². The van der Waals surface area contributed by atoms with Gasteiger partial charge < -0.3 is 21.1 Å². The lowest BCUT2D eigenvalue weighted by atomic mass is 10.0. The topological polar surface area (TPSA) is 93.5 Å². The molecule has 0 radical (unpaired) electrons. The fraction of sp³-hybridized carbons (Fsp3) is 0.143. The third kappa shape index (κ3) is 5.85. The van der Waals surface area contributed by atoms with Crippen molar-refractivity contribution in [3.05, 3.63) is 82.6 Å². The summed E-state index contributed by atoms with van der Waals surface area (Å²) < 4.78 is 5.83. The van der Waals surface area contributed by atoms with Crippen LogP contribution in [0.15, 0.2) is 72.1 Å². The minimum Gasteiger partial charge on any atom is -0.457 e. The zero-order valence-corrected chi connectivity index (χ0v) is 15.9. The second-order valence-electron chi connectivity index (χ2n) is 6.11. The van der Waals surface area contributed by atoms with Gasteiger partial charge in [0, 0.05) is 4.88 Å². The molecule has 0 aliphatic heterocycles. The van der Waals surface area contributed by atoms with Crippen LogP contribution in [0.1, 0.15) is 22.9 Å². The van der Waals surface area contributed by atoms with Gasteiger partial charge in [-0.3, -0.25) is 4.79 Å². The Kier molecular flexibility index (Phi) is 6.64. The van der Waals surface area contributed by atoms with E-state index in [9.17, 15) is 9.59 Å². The van der Waals surface area contributed by atoms with Crippen molar-refractivity contribution in [3.8, 4) is 11.5 Å². The van der Waals surface area contributed by atoms with E-state index in [1.54, 1.807) is 17.4 Å². The quantitative estimate of drug-likeness (QED) is 0.539. The van der Waals surface area contributed by atoms with E-state index in [-0.39, 0.29) is 12.3 Å². The highest BCUT2D eigenvalue weighted by Gasteiger charge is 2.18. The zero-order valence-electron chi connectivity index (χ0n) is 15.1. The van der Waals surface area contributed by atoms with Crippen LogP contribution >= 0.6 is 11.3 Å². The summed E-state index contributed by atoms with van der Waals surface area (Å²) in [5.41, 5.74) is 6.04. The number of nitrogens with two attached hydrogens (primary N) is 1. The average molecular weight is 395 g/mol. The molecule has 3 amide bonds. The molecule has 4 N–H and O–H groups in total. The molecule has 0 aliphatic carbocycles. The number of hydrogen-bond acceptors (Lipinski definition) is 4. The highest BCUT2D eigenvalue weighted by molar-refractivity contribution is 7.09. The van der Waals surface area contributed by atoms with Gasteiger partial charge in [0.15, 0.2) is 0 Å². The van der Waals surface area contributed by atoms with Crippen molar-refractivity contribution in [3.63, 3.8) is 0 Å². The summed E-state index contributed by atoms with van der Waals surface area (Å²) in [4.78, 5) is 24.8. The summed E-state index contributed by atoms with van der Waals surface area (Å²) in [5.74, 6) is 1.13. The third-order valence-corrected chi connectivity index (χ3v) is 4.86. The van der Waals surface area contributed by atoms with Crippen molar-refractivity contribution in [2.75, 3.05) is 0 Å². The molecule has 0 saturated carbocycles. The number of benzene rings is 2. The van der Waals surface area contributed by atoms with Crippen LogP contribution in [0.4, 0.5) is 4.79 Å². The van der Waals surface area contributed by atoms with E-state index in [2.05, 4.69) is 10.6 Å². The van der Waals surface area contributed by atoms with Gasteiger partial charge in [-0.15, -0.1) is 11.3 Å². The number of ether oxygens (including phenoxy) is 1. The van der Waals surface area contributed by atoms with Crippen LogP contribution in [-0.4, -0.2) is 11.9 Å². The summed E-state index contributed by atoms with van der Waals surface area (Å²) in [6.07, 6.45) is 0.0725. The average Bonchev–Trinajstić information content (AvgIpc) is 3.20. The molecule has 6 nitrogen and oxygen atoms in total. The molecule has 0 aliphatic rings. The van der Waals surface area contributed by atoms with Crippen molar-refractivity contribution < 1.29 is 14.3 Å². The van der Waals surface area contributed by atoms with Crippen molar-refractivity contribution in [2.45, 2.75) is 19.0 Å². The Bertz CT molecular complexity index is 914. The number of para-hydroxylation sites is 1. The van der Waals surface area contributed by atoms with Crippen molar-refractivity contribution >= 4 is 23.3 Å². The summed E-state index contributed by atoms with van der Waals surface area (Å²) in [6.45, 7) is 0.455. The summed E-state index contributed by atoms with van der Waals surface area (Å²) in [5, 5.41) is 7.45. The Labute approximate surface area is 167 Å². The van der Waals surface area contributed by atoms with E-state index in [4.69, 9.17) is 10.5 Å². The molecule has 1 atom stereocenters. The monoisotopic (exact) mass is 395 g/mol. The first-order valence-corrected chi connectivity index (χ1v) is 9.66. The first-order chi connectivity index (χ1) is 13.6. The molecule has 0 spiro atoms. The first kappa shape index (κ1) is 19.4. The van der Waals surface area contributed by atoms with Crippen molar-refractivity contribution in [1.82, 2.24) is 10.6 Å². The van der Waals surface area contributed by atoms with Gasteiger partial charge in [-0.1, -0.05) is 36.4 Å². The van der Waals surface area contributed by atoms with E-state index in [0.717, 1.165) is 10.4 Å². The molecule has 3 rings (SSSR count). The Morgan fingerprint density at radius 2 is 1.79 bits per heavy atom. The zero-order chi connectivity index (χ0) is 19.8. The lowest BCUT2D eigenvalue weighted by molar-refractivity contribution is -0.121. The second kappa shape index (κ2) is 9.57. The number of urea groups is 1. The number of nitrogens with one attached hydrogen (secondary N) is 2. The molecular formula is C21H21N3O3S. The number of amides is 3. The van der Waals surface area contributed by atoms with Gasteiger partial charge in [-0.25, -0.2) is 4.79 Å². The summed E-state index contributed by atoms with van der Waals surface area (Å²) in [7, 11) is 0. The standard InChI is InChI=1S/C21H21N3O3S/c22-21(26)24-19(13-20(25)23-14-18-10-5-11-28-18)15-6-4-9-17(12-15)27-16-7-2-1-3-8-16/h1-12,19H,13-14H2,(H,23,25)(H3,22,24,26)/t19-/m0/s1. The maximum atomic E-state index is 12.3. The largest absolute Gasteiger partial charge is 0.457 e. The van der Waals surface area contributed by atoms with E-state index >= 15 is 0 Å². The molecular weight excluding hydrogens is 374 g/mol. The van der Waals surface area contributed by atoms with Gasteiger partial charge in [-0.2, -0.15) is 0 Å². The van der Waals surface area contributed by atoms with Crippen LogP contribution in [0.3, 0.4) is 0 Å². The summed E-state index contributed by atoms with van der Waals surface area (Å²) >= 11 is 1.57. The smallest absolute Gasteiger partial charge is 0.312 e. The summed E-state index contributed by atoms with van der Waals surface area (Å²) in [6, 6.07) is 19.3. The highest BCUT2D eigenvalue weighted by atomic mass is 32.1. The van der Waals surface area contributed by atoms with Crippen molar-refractivity contribution in [1.29, 1.82) is 0 Å². The maximum Gasteiger partial charge on any atom is 0.312 e. The SMILES string of the molecule is NC(=O)N[C@@H](CC(=O)NCc1cccs1)c1cccc(Oc2ccccc2)c1. The highest BCUT2D eigenvalue weighted by Crippen LogP contribution is 2.26. The van der Waals surface area contributed by atoms with Gasteiger partial charge in [-0.05, 0) is 41.3 Å². The van der Waals surface area contributed by atoms with Crippen LogP contribution in [0.2, 0.25) is 0 Å². The molecule has 1 heterocycles. The number of rotatable bonds is 8. The van der Waals surface area contributed by atoms with Gasteiger partial charge in [0.2, 0.25) is 5.91 Å². The fourth-order valence-corrected chi connectivity index (χ4v) is 3.34. The van der Waals surface area contributed by atoms with Crippen molar-refractivity contribution in [2.24, 2.45) is 5.73 Å². The van der Waals surface area contributed by atoms with E-state index in [0.29, 0.717) is 18.0 Å². The predicted octanol–water partition coefficient (Wildman–Crippen LogP) is 3.96. The Balaban J connectivity index is 1.69. The van der Waals surface area contributed by atoms with E-state index in [1.165, 1.54) is 0 Å². The maximum absolute atomic E-state index is 12.3. The Morgan fingerprint density at radius 3 is 2.50 bits per heavy atom. The molecule has 144 valence electrons. The van der Waals surface area contributed by atoms with Crippen LogP contribution in [0.25, 0.3) is 0 Å².